The van der Waals surface area contributed by atoms with Gasteiger partial charge in [0.1, 0.15) is 5.82 Å². The Morgan fingerprint density at radius 2 is 1.86 bits per heavy atom. The molecule has 1 aliphatic heterocycles. The third-order valence-electron chi connectivity index (χ3n) is 3.95. The van der Waals surface area contributed by atoms with Gasteiger partial charge in [-0.25, -0.2) is 4.98 Å². The second kappa shape index (κ2) is 6.79. The standard InChI is InChI=1S/C17H18ClN3O/c18-15-7-4-10-19-16(15)21-11-8-13(9-12-21)17(22)20-14-5-2-1-3-6-14/h1-7,10,13H,8-9,11-12H2,(H,20,22). The molecule has 0 radical (unpaired) electrons. The number of nitrogens with one attached hydrogen (secondary N) is 1. The molecule has 1 aliphatic rings. The molecule has 0 aliphatic carbocycles. The number of piperidine rings is 1. The molecule has 0 bridgehead atoms. The van der Waals surface area contributed by atoms with Gasteiger partial charge >= 0.3 is 0 Å². The molecular weight excluding hydrogens is 298 g/mol. The van der Waals surface area contributed by atoms with E-state index in [4.69, 9.17) is 11.6 Å². The molecule has 2 aromatic rings. The van der Waals surface area contributed by atoms with E-state index >= 15 is 0 Å². The Morgan fingerprint density at radius 3 is 2.55 bits per heavy atom. The fourth-order valence-electron chi connectivity index (χ4n) is 2.73. The molecule has 1 N–H and O–H groups in total. The van der Waals surface area contributed by atoms with Crippen LogP contribution in [0.1, 0.15) is 12.8 Å². The lowest BCUT2D eigenvalue weighted by Crippen LogP contribution is -2.38. The van der Waals surface area contributed by atoms with E-state index in [9.17, 15) is 4.79 Å². The van der Waals surface area contributed by atoms with Gasteiger partial charge in [0.25, 0.3) is 0 Å². The lowest BCUT2D eigenvalue weighted by molar-refractivity contribution is -0.120. The van der Waals surface area contributed by atoms with Crippen LogP contribution in [0.5, 0.6) is 0 Å². The Morgan fingerprint density at radius 1 is 1.14 bits per heavy atom. The van der Waals surface area contributed by atoms with Crippen molar-refractivity contribution in [3.8, 4) is 0 Å². The Hall–Kier alpha value is -2.07. The lowest BCUT2D eigenvalue weighted by Gasteiger charge is -2.32. The van der Waals surface area contributed by atoms with Gasteiger partial charge in [-0.05, 0) is 37.1 Å². The first-order valence-electron chi connectivity index (χ1n) is 7.45. The molecule has 1 amide bonds. The van der Waals surface area contributed by atoms with E-state index in [0.29, 0.717) is 5.02 Å². The van der Waals surface area contributed by atoms with E-state index in [-0.39, 0.29) is 11.8 Å². The minimum Gasteiger partial charge on any atom is -0.355 e. The molecule has 1 aromatic carbocycles. The summed E-state index contributed by atoms with van der Waals surface area (Å²) in [6, 6.07) is 13.2. The van der Waals surface area contributed by atoms with Gasteiger partial charge in [-0.2, -0.15) is 0 Å². The van der Waals surface area contributed by atoms with E-state index < -0.39 is 0 Å². The van der Waals surface area contributed by atoms with E-state index in [1.807, 2.05) is 42.5 Å². The largest absolute Gasteiger partial charge is 0.355 e. The van der Waals surface area contributed by atoms with Crippen molar-refractivity contribution in [1.29, 1.82) is 0 Å². The summed E-state index contributed by atoms with van der Waals surface area (Å²) in [6.07, 6.45) is 3.37. The molecule has 2 heterocycles. The van der Waals surface area contributed by atoms with Gasteiger partial charge in [-0.3, -0.25) is 4.79 Å². The maximum absolute atomic E-state index is 12.3. The average Bonchev–Trinajstić information content (AvgIpc) is 2.56. The van der Waals surface area contributed by atoms with E-state index in [1.165, 1.54) is 0 Å². The van der Waals surface area contributed by atoms with Crippen molar-refractivity contribution in [1.82, 2.24) is 4.98 Å². The van der Waals surface area contributed by atoms with Crippen molar-refractivity contribution in [2.24, 2.45) is 5.92 Å². The van der Waals surface area contributed by atoms with Gasteiger partial charge < -0.3 is 10.2 Å². The summed E-state index contributed by atoms with van der Waals surface area (Å²) in [5.74, 6) is 0.947. The van der Waals surface area contributed by atoms with Crippen LogP contribution >= 0.6 is 11.6 Å². The molecule has 0 unspecified atom stereocenters. The number of benzene rings is 1. The molecule has 3 rings (SSSR count). The number of para-hydroxylation sites is 1. The zero-order valence-electron chi connectivity index (χ0n) is 12.2. The van der Waals surface area contributed by atoms with Crippen molar-refractivity contribution in [2.75, 3.05) is 23.3 Å². The summed E-state index contributed by atoms with van der Waals surface area (Å²) < 4.78 is 0. The Labute approximate surface area is 135 Å². The zero-order chi connectivity index (χ0) is 15.4. The molecule has 0 atom stereocenters. The number of anilines is 2. The molecule has 114 valence electrons. The molecule has 0 saturated carbocycles. The number of carbonyl (C=O) groups excluding carboxylic acids is 1. The van der Waals surface area contributed by atoms with E-state index in [2.05, 4.69) is 15.2 Å². The first-order valence-corrected chi connectivity index (χ1v) is 7.83. The Kier molecular flexibility index (Phi) is 4.59. The lowest BCUT2D eigenvalue weighted by atomic mass is 9.96. The number of rotatable bonds is 3. The first-order chi connectivity index (χ1) is 10.7. The molecule has 1 fully saturated rings. The minimum atomic E-state index is 0.0407. The third kappa shape index (κ3) is 3.39. The van der Waals surface area contributed by atoms with Gasteiger partial charge in [0.15, 0.2) is 0 Å². The van der Waals surface area contributed by atoms with Crippen LogP contribution in [0, 0.1) is 5.92 Å². The van der Waals surface area contributed by atoms with Gasteiger partial charge in [0, 0.05) is 30.9 Å². The second-order valence-electron chi connectivity index (χ2n) is 5.43. The third-order valence-corrected chi connectivity index (χ3v) is 4.24. The van der Waals surface area contributed by atoms with Crippen LogP contribution in [0.4, 0.5) is 11.5 Å². The van der Waals surface area contributed by atoms with Gasteiger partial charge in [0.05, 0.1) is 5.02 Å². The van der Waals surface area contributed by atoms with Crippen LogP contribution in [-0.4, -0.2) is 24.0 Å². The zero-order valence-corrected chi connectivity index (χ0v) is 13.0. The molecule has 4 nitrogen and oxygen atoms in total. The van der Waals surface area contributed by atoms with Crippen molar-refractivity contribution >= 4 is 29.0 Å². The van der Waals surface area contributed by atoms with Crippen LogP contribution in [0.15, 0.2) is 48.7 Å². The average molecular weight is 316 g/mol. The smallest absolute Gasteiger partial charge is 0.227 e. The molecule has 0 spiro atoms. The Balaban J connectivity index is 1.58. The minimum absolute atomic E-state index is 0.0407. The number of carbonyl (C=O) groups is 1. The van der Waals surface area contributed by atoms with Gasteiger partial charge in [0.2, 0.25) is 5.91 Å². The van der Waals surface area contributed by atoms with Crippen LogP contribution in [0.3, 0.4) is 0 Å². The number of amides is 1. The van der Waals surface area contributed by atoms with Crippen LogP contribution in [-0.2, 0) is 4.79 Å². The van der Waals surface area contributed by atoms with Crippen LogP contribution in [0.2, 0.25) is 5.02 Å². The van der Waals surface area contributed by atoms with E-state index in [0.717, 1.165) is 37.4 Å². The van der Waals surface area contributed by atoms with Crippen LogP contribution in [0.25, 0.3) is 0 Å². The van der Waals surface area contributed by atoms with Crippen LogP contribution < -0.4 is 10.2 Å². The SMILES string of the molecule is O=C(Nc1ccccc1)C1CCN(c2ncccc2Cl)CC1. The predicted molar refractivity (Wildman–Crippen MR) is 89.3 cm³/mol. The number of aromatic nitrogens is 1. The van der Waals surface area contributed by atoms with Crippen molar-refractivity contribution in [3.05, 3.63) is 53.7 Å². The molecule has 1 saturated heterocycles. The van der Waals surface area contributed by atoms with Crippen molar-refractivity contribution in [2.45, 2.75) is 12.8 Å². The number of nitrogens with zero attached hydrogens (tertiary/aromatic N) is 2. The maximum atomic E-state index is 12.3. The quantitative estimate of drug-likeness (QED) is 0.941. The molecule has 1 aromatic heterocycles. The topological polar surface area (TPSA) is 45.2 Å². The number of hydrogen-bond acceptors (Lipinski definition) is 3. The molecule has 5 heteroatoms. The number of halogens is 1. The monoisotopic (exact) mass is 315 g/mol. The summed E-state index contributed by atoms with van der Waals surface area (Å²) >= 11 is 6.18. The van der Waals surface area contributed by atoms with E-state index in [1.54, 1.807) is 6.20 Å². The van der Waals surface area contributed by atoms with Gasteiger partial charge in [-0.1, -0.05) is 29.8 Å². The summed E-state index contributed by atoms with van der Waals surface area (Å²) in [7, 11) is 0. The highest BCUT2D eigenvalue weighted by molar-refractivity contribution is 6.32. The second-order valence-corrected chi connectivity index (χ2v) is 5.83. The molecule has 22 heavy (non-hydrogen) atoms. The number of pyridine rings is 1. The highest BCUT2D eigenvalue weighted by atomic mass is 35.5. The highest BCUT2D eigenvalue weighted by Gasteiger charge is 2.26. The summed E-state index contributed by atoms with van der Waals surface area (Å²) in [5, 5.41) is 3.64. The Bertz CT molecular complexity index is 639. The first kappa shape index (κ1) is 14.9. The van der Waals surface area contributed by atoms with Crippen molar-refractivity contribution < 1.29 is 4.79 Å². The highest BCUT2D eigenvalue weighted by Crippen LogP contribution is 2.27. The fourth-order valence-corrected chi connectivity index (χ4v) is 2.97. The maximum Gasteiger partial charge on any atom is 0.227 e. The summed E-state index contributed by atoms with van der Waals surface area (Å²) in [5.41, 5.74) is 0.850. The fraction of sp³-hybridized carbons (Fsp3) is 0.294. The number of hydrogen-bond donors (Lipinski definition) is 1. The normalized spacial score (nSPS) is 15.6. The summed E-state index contributed by atoms with van der Waals surface area (Å²) in [6.45, 7) is 1.59. The predicted octanol–water partition coefficient (Wildman–Crippen LogP) is 3.59. The van der Waals surface area contributed by atoms with Crippen molar-refractivity contribution in [3.63, 3.8) is 0 Å². The summed E-state index contributed by atoms with van der Waals surface area (Å²) in [4.78, 5) is 18.8. The molecular formula is C17H18ClN3O. The van der Waals surface area contributed by atoms with Gasteiger partial charge in [-0.15, -0.1) is 0 Å².